The van der Waals surface area contributed by atoms with E-state index in [1.54, 1.807) is 12.7 Å². The van der Waals surface area contributed by atoms with Crippen molar-refractivity contribution in [2.75, 3.05) is 0 Å². The summed E-state index contributed by atoms with van der Waals surface area (Å²) in [5.41, 5.74) is 3.74. The second-order valence-corrected chi connectivity index (χ2v) is 5.11. The van der Waals surface area contributed by atoms with Gasteiger partial charge in [0.15, 0.2) is 0 Å². The Bertz CT molecular complexity index is 478. The summed E-state index contributed by atoms with van der Waals surface area (Å²) in [6.07, 6.45) is 3.30. The molecule has 16 heavy (non-hydrogen) atoms. The molecular formula is C13H17N3. The highest BCUT2D eigenvalue weighted by molar-refractivity contribution is 5.46. The van der Waals surface area contributed by atoms with Gasteiger partial charge in [-0.25, -0.2) is 9.67 Å². The van der Waals surface area contributed by atoms with Crippen LogP contribution in [0.4, 0.5) is 0 Å². The van der Waals surface area contributed by atoms with Crippen LogP contribution in [-0.4, -0.2) is 14.8 Å². The molecule has 1 heterocycles. The molecule has 2 rings (SSSR count). The highest BCUT2D eigenvalue weighted by Crippen LogP contribution is 2.28. The first kappa shape index (κ1) is 10.9. The minimum absolute atomic E-state index is 0.106. The van der Waals surface area contributed by atoms with Crippen LogP contribution < -0.4 is 0 Å². The maximum Gasteiger partial charge on any atom is 0.138 e. The van der Waals surface area contributed by atoms with E-state index in [-0.39, 0.29) is 5.41 Å². The number of hydrogen-bond donors (Lipinski definition) is 0. The SMILES string of the molecule is Cc1ccc(C(C)(C)C)c(-n2cncn2)c1. The monoisotopic (exact) mass is 215 g/mol. The van der Waals surface area contributed by atoms with Gasteiger partial charge in [-0.1, -0.05) is 32.9 Å². The van der Waals surface area contributed by atoms with Crippen molar-refractivity contribution in [2.45, 2.75) is 33.1 Å². The topological polar surface area (TPSA) is 30.7 Å². The van der Waals surface area contributed by atoms with Gasteiger partial charge in [-0.05, 0) is 29.5 Å². The molecule has 0 aliphatic rings. The maximum absolute atomic E-state index is 4.21. The van der Waals surface area contributed by atoms with Gasteiger partial charge in [0.2, 0.25) is 0 Å². The zero-order valence-electron chi connectivity index (χ0n) is 10.2. The normalized spacial score (nSPS) is 11.8. The summed E-state index contributed by atoms with van der Waals surface area (Å²) in [7, 11) is 0. The first-order valence-electron chi connectivity index (χ1n) is 5.44. The molecule has 84 valence electrons. The molecule has 0 fully saturated rings. The van der Waals surface area contributed by atoms with Gasteiger partial charge >= 0.3 is 0 Å². The van der Waals surface area contributed by atoms with E-state index in [9.17, 15) is 0 Å². The molecule has 1 aromatic heterocycles. The fourth-order valence-electron chi connectivity index (χ4n) is 1.80. The van der Waals surface area contributed by atoms with E-state index in [0.717, 1.165) is 5.69 Å². The Hall–Kier alpha value is -1.64. The number of aryl methyl sites for hydroxylation is 1. The lowest BCUT2D eigenvalue weighted by Crippen LogP contribution is -2.15. The van der Waals surface area contributed by atoms with Crippen molar-refractivity contribution in [2.24, 2.45) is 0 Å². The number of nitrogens with zero attached hydrogens (tertiary/aromatic N) is 3. The van der Waals surface area contributed by atoms with Crippen molar-refractivity contribution in [3.63, 3.8) is 0 Å². The molecule has 0 aliphatic heterocycles. The Morgan fingerprint density at radius 2 is 1.94 bits per heavy atom. The summed E-state index contributed by atoms with van der Waals surface area (Å²) in [5.74, 6) is 0. The van der Waals surface area contributed by atoms with E-state index in [1.807, 2.05) is 4.68 Å². The van der Waals surface area contributed by atoms with E-state index < -0.39 is 0 Å². The van der Waals surface area contributed by atoms with Gasteiger partial charge in [0, 0.05) is 0 Å². The highest BCUT2D eigenvalue weighted by Gasteiger charge is 2.19. The van der Waals surface area contributed by atoms with Gasteiger partial charge < -0.3 is 0 Å². The smallest absolute Gasteiger partial charge is 0.138 e. The molecule has 1 aromatic carbocycles. The predicted molar refractivity (Wildman–Crippen MR) is 64.8 cm³/mol. The van der Waals surface area contributed by atoms with Crippen LogP contribution in [-0.2, 0) is 5.41 Å². The van der Waals surface area contributed by atoms with Crippen LogP contribution in [0.25, 0.3) is 5.69 Å². The molecule has 0 bridgehead atoms. The van der Waals surface area contributed by atoms with Crippen LogP contribution in [0.1, 0.15) is 31.9 Å². The lowest BCUT2D eigenvalue weighted by Gasteiger charge is -2.22. The van der Waals surface area contributed by atoms with Crippen molar-refractivity contribution in [1.82, 2.24) is 14.8 Å². The molecule has 0 atom stereocenters. The molecule has 0 saturated carbocycles. The van der Waals surface area contributed by atoms with Crippen LogP contribution in [0, 0.1) is 6.92 Å². The highest BCUT2D eigenvalue weighted by atomic mass is 15.3. The van der Waals surface area contributed by atoms with Crippen molar-refractivity contribution < 1.29 is 0 Å². The van der Waals surface area contributed by atoms with Crippen molar-refractivity contribution in [3.8, 4) is 5.69 Å². The first-order chi connectivity index (χ1) is 7.48. The molecule has 0 aliphatic carbocycles. The number of hydrogen-bond acceptors (Lipinski definition) is 2. The second-order valence-electron chi connectivity index (χ2n) is 5.11. The van der Waals surface area contributed by atoms with Crippen molar-refractivity contribution in [1.29, 1.82) is 0 Å². The Kier molecular flexibility index (Phi) is 2.54. The van der Waals surface area contributed by atoms with Gasteiger partial charge in [-0.3, -0.25) is 0 Å². The second kappa shape index (κ2) is 3.74. The van der Waals surface area contributed by atoms with E-state index in [0.29, 0.717) is 0 Å². The van der Waals surface area contributed by atoms with Gasteiger partial charge in [-0.2, -0.15) is 5.10 Å². The molecule has 0 unspecified atom stereocenters. The summed E-state index contributed by atoms with van der Waals surface area (Å²) in [5, 5.41) is 4.21. The summed E-state index contributed by atoms with van der Waals surface area (Å²) in [6.45, 7) is 8.71. The van der Waals surface area contributed by atoms with E-state index >= 15 is 0 Å². The molecule has 2 aromatic rings. The Labute approximate surface area is 96.1 Å². The third-order valence-electron chi connectivity index (χ3n) is 2.63. The molecule has 0 N–H and O–H groups in total. The first-order valence-corrected chi connectivity index (χ1v) is 5.44. The van der Waals surface area contributed by atoms with Gasteiger partial charge in [-0.15, -0.1) is 0 Å². The number of benzene rings is 1. The molecule has 0 saturated heterocycles. The molecule has 0 amide bonds. The maximum atomic E-state index is 4.21. The Balaban J connectivity index is 2.63. The van der Waals surface area contributed by atoms with Gasteiger partial charge in [0.1, 0.15) is 12.7 Å². The van der Waals surface area contributed by atoms with Crippen LogP contribution >= 0.6 is 0 Å². The fraction of sp³-hybridized carbons (Fsp3) is 0.385. The van der Waals surface area contributed by atoms with E-state index in [2.05, 4.69) is 56.0 Å². The zero-order chi connectivity index (χ0) is 11.8. The van der Waals surface area contributed by atoms with Crippen LogP contribution in [0.15, 0.2) is 30.9 Å². The Morgan fingerprint density at radius 3 is 2.50 bits per heavy atom. The van der Waals surface area contributed by atoms with Gasteiger partial charge in [0.25, 0.3) is 0 Å². The van der Waals surface area contributed by atoms with Crippen molar-refractivity contribution >= 4 is 0 Å². The van der Waals surface area contributed by atoms with Gasteiger partial charge in [0.05, 0.1) is 5.69 Å². The predicted octanol–water partition coefficient (Wildman–Crippen LogP) is 2.87. The fourth-order valence-corrected chi connectivity index (χ4v) is 1.80. The molecule has 3 heteroatoms. The number of rotatable bonds is 1. The van der Waals surface area contributed by atoms with Crippen LogP contribution in [0.2, 0.25) is 0 Å². The third kappa shape index (κ3) is 1.98. The molecule has 3 nitrogen and oxygen atoms in total. The standard InChI is InChI=1S/C13H17N3/c1-10-5-6-11(13(2,3)4)12(7-10)16-9-14-8-15-16/h5-9H,1-4H3. The van der Waals surface area contributed by atoms with Crippen molar-refractivity contribution in [3.05, 3.63) is 42.0 Å². The number of aromatic nitrogens is 3. The summed E-state index contributed by atoms with van der Waals surface area (Å²) in [4.78, 5) is 4.00. The molecule has 0 radical (unpaired) electrons. The van der Waals surface area contributed by atoms with Crippen LogP contribution in [0.3, 0.4) is 0 Å². The molecule has 0 spiro atoms. The van der Waals surface area contributed by atoms with Crippen LogP contribution in [0.5, 0.6) is 0 Å². The average Bonchev–Trinajstić information content (AvgIpc) is 2.68. The third-order valence-corrected chi connectivity index (χ3v) is 2.63. The lowest BCUT2D eigenvalue weighted by molar-refractivity contribution is 0.583. The summed E-state index contributed by atoms with van der Waals surface area (Å²) < 4.78 is 1.83. The molecular weight excluding hydrogens is 198 g/mol. The largest absolute Gasteiger partial charge is 0.223 e. The lowest BCUT2D eigenvalue weighted by atomic mass is 9.85. The summed E-state index contributed by atoms with van der Waals surface area (Å²) in [6, 6.07) is 6.46. The average molecular weight is 215 g/mol. The van der Waals surface area contributed by atoms with E-state index in [4.69, 9.17) is 0 Å². The minimum Gasteiger partial charge on any atom is -0.223 e. The summed E-state index contributed by atoms with van der Waals surface area (Å²) >= 11 is 0. The van der Waals surface area contributed by atoms with E-state index in [1.165, 1.54) is 11.1 Å². The quantitative estimate of drug-likeness (QED) is 0.732. The minimum atomic E-state index is 0.106. The zero-order valence-corrected chi connectivity index (χ0v) is 10.2. The Morgan fingerprint density at radius 1 is 1.19 bits per heavy atom.